The predicted molar refractivity (Wildman–Crippen MR) is 183 cm³/mol. The van der Waals surface area contributed by atoms with Crippen LogP contribution in [0.5, 0.6) is 11.5 Å². The quantitative estimate of drug-likeness (QED) is 0.231. The van der Waals surface area contributed by atoms with E-state index in [2.05, 4.69) is 58.1 Å². The Balaban J connectivity index is 0.000000281. The predicted octanol–water partition coefficient (Wildman–Crippen LogP) is 10.1. The van der Waals surface area contributed by atoms with Crippen LogP contribution in [0.25, 0.3) is 5.57 Å². The van der Waals surface area contributed by atoms with E-state index in [9.17, 15) is 9.90 Å². The monoisotopic (exact) mass is 609 g/mol. The summed E-state index contributed by atoms with van der Waals surface area (Å²) in [7, 11) is 3.34. The van der Waals surface area contributed by atoms with Gasteiger partial charge in [-0.2, -0.15) is 0 Å². The van der Waals surface area contributed by atoms with Crippen molar-refractivity contribution in [3.05, 3.63) is 29.3 Å². The molecule has 0 unspecified atom stereocenters. The number of methoxy groups -OCH3 is 2. The molecular weight excluding hydrogens is 546 g/mol. The highest BCUT2D eigenvalue weighted by Crippen LogP contribution is 2.69. The van der Waals surface area contributed by atoms with Gasteiger partial charge < -0.3 is 19.9 Å². The molecular formula is C39H63NO4. The van der Waals surface area contributed by atoms with E-state index in [0.717, 1.165) is 36.1 Å². The highest BCUT2D eigenvalue weighted by Gasteiger charge is 2.65. The SMILES string of the molecule is C1CCC(NC2CCCCC2)CC1.CCCCCCC(C)(C)c1cc(OC)c(C2=C[C@H]3CC[C@]2(C(=O)O)C3(C)C)c(OC)c1. The van der Waals surface area contributed by atoms with Gasteiger partial charge in [0.2, 0.25) is 0 Å². The number of ether oxygens (including phenoxy) is 2. The first-order valence-electron chi connectivity index (χ1n) is 18.0. The van der Waals surface area contributed by atoms with Crippen LogP contribution < -0.4 is 14.8 Å². The number of carboxylic acids is 1. The van der Waals surface area contributed by atoms with E-state index in [1.165, 1.54) is 95.5 Å². The summed E-state index contributed by atoms with van der Waals surface area (Å²) in [5, 5.41) is 14.2. The molecule has 248 valence electrons. The van der Waals surface area contributed by atoms with Crippen LogP contribution in [0, 0.1) is 16.7 Å². The molecule has 2 atom stereocenters. The van der Waals surface area contributed by atoms with Crippen molar-refractivity contribution in [2.24, 2.45) is 16.7 Å². The van der Waals surface area contributed by atoms with Gasteiger partial charge in [0.05, 0.1) is 25.2 Å². The third kappa shape index (κ3) is 7.18. The van der Waals surface area contributed by atoms with E-state index >= 15 is 0 Å². The molecule has 0 saturated heterocycles. The minimum absolute atomic E-state index is 0.0142. The molecule has 2 N–H and O–H groups in total. The molecule has 3 saturated carbocycles. The van der Waals surface area contributed by atoms with Crippen molar-refractivity contribution >= 4 is 11.5 Å². The molecule has 1 aromatic carbocycles. The van der Waals surface area contributed by atoms with Crippen LogP contribution in [-0.2, 0) is 10.2 Å². The third-order valence-corrected chi connectivity index (χ3v) is 11.9. The fraction of sp³-hybridized carbons (Fsp3) is 0.769. The average Bonchev–Trinajstić information content (AvgIpc) is 3.42. The topological polar surface area (TPSA) is 67.8 Å². The van der Waals surface area contributed by atoms with Gasteiger partial charge in [-0.05, 0) is 85.0 Å². The van der Waals surface area contributed by atoms with Gasteiger partial charge >= 0.3 is 5.97 Å². The summed E-state index contributed by atoms with van der Waals surface area (Å²) in [5.41, 5.74) is 1.60. The van der Waals surface area contributed by atoms with Gasteiger partial charge in [0, 0.05) is 12.1 Å². The largest absolute Gasteiger partial charge is 0.496 e. The number of aliphatic carboxylic acids is 1. The summed E-state index contributed by atoms with van der Waals surface area (Å²) in [6.45, 7) is 11.0. The van der Waals surface area contributed by atoms with E-state index in [4.69, 9.17) is 9.47 Å². The van der Waals surface area contributed by atoms with Crippen molar-refractivity contribution in [1.82, 2.24) is 5.32 Å². The van der Waals surface area contributed by atoms with Gasteiger partial charge in [-0.25, -0.2) is 0 Å². The number of unbranched alkanes of at least 4 members (excludes halogenated alkanes) is 3. The van der Waals surface area contributed by atoms with Gasteiger partial charge in [-0.15, -0.1) is 0 Å². The van der Waals surface area contributed by atoms with Crippen LogP contribution >= 0.6 is 0 Å². The Morgan fingerprint density at radius 2 is 1.43 bits per heavy atom. The number of hydrogen-bond acceptors (Lipinski definition) is 4. The number of fused-ring (bicyclic) bond motifs is 2. The van der Waals surface area contributed by atoms with Crippen molar-refractivity contribution in [3.8, 4) is 11.5 Å². The molecule has 0 heterocycles. The van der Waals surface area contributed by atoms with Crippen molar-refractivity contribution < 1.29 is 19.4 Å². The Labute approximate surface area is 269 Å². The molecule has 44 heavy (non-hydrogen) atoms. The standard InChI is InChI=1S/C27H40O4.C12H23N/c1-8-9-10-11-13-25(2,3)19-16-21(30-6)23(22(17-19)31-7)20-15-18-12-14-27(20,24(28)29)26(18,4)5;1-3-7-11(8-4-1)13-12-9-5-2-6-10-12/h15-18H,8-14H2,1-7H3,(H,28,29);11-13H,1-10H2/t18-,27+;/m1./s1. The van der Waals surface area contributed by atoms with Crippen molar-refractivity contribution in [1.29, 1.82) is 0 Å². The van der Waals surface area contributed by atoms with Gasteiger partial charge in [0.1, 0.15) is 11.5 Å². The van der Waals surface area contributed by atoms with Crippen LogP contribution in [0.1, 0.15) is 155 Å². The summed E-state index contributed by atoms with van der Waals surface area (Å²) < 4.78 is 11.7. The minimum atomic E-state index is -0.907. The molecule has 4 aliphatic rings. The Morgan fingerprint density at radius 1 is 0.886 bits per heavy atom. The van der Waals surface area contributed by atoms with Crippen LogP contribution in [0.2, 0.25) is 0 Å². The molecule has 0 aromatic heterocycles. The van der Waals surface area contributed by atoms with Crippen molar-refractivity contribution in [3.63, 3.8) is 0 Å². The molecule has 0 amide bonds. The lowest BCUT2D eigenvalue weighted by molar-refractivity contribution is -0.149. The molecule has 0 spiro atoms. The summed E-state index contributed by atoms with van der Waals surface area (Å²) in [6, 6.07) is 5.95. The molecule has 2 bridgehead atoms. The zero-order valence-electron chi connectivity index (χ0n) is 29.2. The number of carboxylic acid groups (broad SMARTS) is 1. The lowest BCUT2D eigenvalue weighted by Gasteiger charge is -2.38. The Bertz CT molecular complexity index is 1080. The Hall–Kier alpha value is -2.01. The van der Waals surface area contributed by atoms with Crippen LogP contribution in [0.3, 0.4) is 0 Å². The Morgan fingerprint density at radius 3 is 1.89 bits per heavy atom. The first-order chi connectivity index (χ1) is 21.0. The first-order valence-corrected chi connectivity index (χ1v) is 18.0. The fourth-order valence-electron chi connectivity index (χ4n) is 8.86. The molecule has 5 heteroatoms. The van der Waals surface area contributed by atoms with E-state index < -0.39 is 11.4 Å². The van der Waals surface area contributed by atoms with E-state index in [1.807, 2.05) is 0 Å². The molecule has 0 aliphatic heterocycles. The molecule has 5 rings (SSSR count). The molecule has 0 radical (unpaired) electrons. The highest BCUT2D eigenvalue weighted by atomic mass is 16.5. The number of rotatable bonds is 12. The lowest BCUT2D eigenvalue weighted by atomic mass is 9.64. The molecule has 5 nitrogen and oxygen atoms in total. The van der Waals surface area contributed by atoms with Gasteiger partial charge in [-0.1, -0.05) is 105 Å². The van der Waals surface area contributed by atoms with E-state index in [-0.39, 0.29) is 16.7 Å². The summed E-state index contributed by atoms with van der Waals surface area (Å²) >= 11 is 0. The van der Waals surface area contributed by atoms with Gasteiger partial charge in [-0.3, -0.25) is 4.79 Å². The van der Waals surface area contributed by atoms with Crippen molar-refractivity contribution in [2.45, 2.75) is 161 Å². The summed E-state index contributed by atoms with van der Waals surface area (Å²) in [6.07, 6.45) is 24.3. The minimum Gasteiger partial charge on any atom is -0.496 e. The summed E-state index contributed by atoms with van der Waals surface area (Å²) in [4.78, 5) is 12.7. The summed E-state index contributed by atoms with van der Waals surface area (Å²) in [5.74, 6) is 0.938. The smallest absolute Gasteiger partial charge is 0.314 e. The number of carbonyl (C=O) groups is 1. The third-order valence-electron chi connectivity index (χ3n) is 11.9. The average molecular weight is 610 g/mol. The second kappa shape index (κ2) is 15.1. The van der Waals surface area contributed by atoms with Crippen LogP contribution in [-0.4, -0.2) is 37.4 Å². The normalized spacial score (nSPS) is 25.2. The maximum atomic E-state index is 12.7. The van der Waals surface area contributed by atoms with E-state index in [1.54, 1.807) is 14.2 Å². The lowest BCUT2D eigenvalue weighted by Crippen LogP contribution is -2.40. The number of benzene rings is 1. The Kier molecular flexibility index (Phi) is 11.9. The van der Waals surface area contributed by atoms with Crippen LogP contribution in [0.15, 0.2) is 18.2 Å². The van der Waals surface area contributed by atoms with Crippen molar-refractivity contribution in [2.75, 3.05) is 14.2 Å². The van der Waals surface area contributed by atoms with E-state index in [0.29, 0.717) is 17.9 Å². The first kappa shape index (κ1) is 34.9. The number of allylic oxidation sites excluding steroid dienone is 1. The zero-order chi connectivity index (χ0) is 32.0. The number of hydrogen-bond donors (Lipinski definition) is 2. The molecule has 1 aromatic rings. The number of nitrogens with one attached hydrogen (secondary N) is 1. The van der Waals surface area contributed by atoms with Crippen LogP contribution in [0.4, 0.5) is 0 Å². The van der Waals surface area contributed by atoms with Gasteiger partial charge in [0.25, 0.3) is 0 Å². The van der Waals surface area contributed by atoms with Gasteiger partial charge in [0.15, 0.2) is 0 Å². The maximum absolute atomic E-state index is 12.7. The maximum Gasteiger partial charge on any atom is 0.314 e. The second-order valence-electron chi connectivity index (χ2n) is 15.4. The fourth-order valence-corrected chi connectivity index (χ4v) is 8.86. The molecule has 4 aliphatic carbocycles. The zero-order valence-corrected chi connectivity index (χ0v) is 29.2. The molecule has 3 fully saturated rings. The highest BCUT2D eigenvalue weighted by molar-refractivity contribution is 5.98. The second-order valence-corrected chi connectivity index (χ2v) is 15.4.